The summed E-state index contributed by atoms with van der Waals surface area (Å²) in [6, 6.07) is 11.5. The van der Waals surface area contributed by atoms with Crippen molar-refractivity contribution in [3.8, 4) is 11.1 Å². The van der Waals surface area contributed by atoms with Crippen LogP contribution in [0.2, 0.25) is 0 Å². The van der Waals surface area contributed by atoms with Crippen LogP contribution >= 0.6 is 0 Å². The van der Waals surface area contributed by atoms with Gasteiger partial charge < -0.3 is 5.11 Å². The Morgan fingerprint density at radius 3 is 2.57 bits per heavy atom. The molecule has 0 amide bonds. The normalized spacial score (nSPS) is 11.2. The summed E-state index contributed by atoms with van der Waals surface area (Å²) in [6.45, 7) is 7.45. The second-order valence-electron chi connectivity index (χ2n) is 8.05. The van der Waals surface area contributed by atoms with E-state index in [9.17, 15) is 9.90 Å². The minimum Gasteiger partial charge on any atom is -0.476 e. The van der Waals surface area contributed by atoms with E-state index in [1.54, 1.807) is 12.1 Å². The van der Waals surface area contributed by atoms with Crippen LogP contribution in [0.1, 0.15) is 67.7 Å². The predicted octanol–water partition coefficient (Wildman–Crippen LogP) is 5.02. The van der Waals surface area contributed by atoms with Gasteiger partial charge in [0, 0.05) is 31.1 Å². The van der Waals surface area contributed by atoms with E-state index in [2.05, 4.69) is 30.4 Å². The van der Waals surface area contributed by atoms with Gasteiger partial charge in [-0.05, 0) is 29.5 Å². The van der Waals surface area contributed by atoms with Crippen LogP contribution in [-0.4, -0.2) is 30.8 Å². The van der Waals surface area contributed by atoms with Gasteiger partial charge in [-0.1, -0.05) is 63.9 Å². The van der Waals surface area contributed by atoms with Crippen molar-refractivity contribution in [2.75, 3.05) is 0 Å². The third-order valence-corrected chi connectivity index (χ3v) is 4.99. The number of hydrogen-bond donors (Lipinski definition) is 1. The lowest BCUT2D eigenvalue weighted by atomic mass is 10.0. The van der Waals surface area contributed by atoms with Crippen molar-refractivity contribution in [2.45, 2.75) is 59.4 Å². The van der Waals surface area contributed by atoms with E-state index < -0.39 is 5.97 Å². The predicted molar refractivity (Wildman–Crippen MR) is 118 cm³/mol. The van der Waals surface area contributed by atoms with Crippen LogP contribution in [0.15, 0.2) is 42.6 Å². The topological polar surface area (TPSA) is 80.9 Å². The van der Waals surface area contributed by atoms with Gasteiger partial charge in [0.15, 0.2) is 11.5 Å². The highest BCUT2D eigenvalue weighted by Gasteiger charge is 2.14. The minimum atomic E-state index is -1.02. The molecular formula is C24H30N4O2. The van der Waals surface area contributed by atoms with Crippen LogP contribution in [0.3, 0.4) is 0 Å². The molecule has 6 heteroatoms. The maximum Gasteiger partial charge on any atom is 0.355 e. The van der Waals surface area contributed by atoms with Crippen molar-refractivity contribution in [2.24, 2.45) is 5.92 Å². The molecule has 0 saturated heterocycles. The maximum atomic E-state index is 11.4. The summed E-state index contributed by atoms with van der Waals surface area (Å²) in [4.78, 5) is 20.3. The van der Waals surface area contributed by atoms with E-state index in [-0.39, 0.29) is 5.69 Å². The molecule has 2 aromatic heterocycles. The first-order valence-electron chi connectivity index (χ1n) is 10.7. The first-order chi connectivity index (χ1) is 14.5. The molecule has 158 valence electrons. The Labute approximate surface area is 178 Å². The minimum absolute atomic E-state index is 0.0687. The van der Waals surface area contributed by atoms with Crippen LogP contribution < -0.4 is 0 Å². The molecule has 0 saturated carbocycles. The number of rotatable bonds is 10. The summed E-state index contributed by atoms with van der Waals surface area (Å²) < 4.78 is 2.06. The molecule has 0 aliphatic rings. The Kier molecular flexibility index (Phi) is 7.33. The Morgan fingerprint density at radius 1 is 1.13 bits per heavy atom. The van der Waals surface area contributed by atoms with Crippen LogP contribution in [0.25, 0.3) is 11.1 Å². The smallest absolute Gasteiger partial charge is 0.355 e. The van der Waals surface area contributed by atoms with E-state index >= 15 is 0 Å². The number of aromatic nitrogens is 4. The molecule has 0 unspecified atom stereocenters. The van der Waals surface area contributed by atoms with Gasteiger partial charge in [0.1, 0.15) is 5.82 Å². The Bertz CT molecular complexity index is 977. The van der Waals surface area contributed by atoms with Crippen LogP contribution in [0.4, 0.5) is 0 Å². The third kappa shape index (κ3) is 5.53. The van der Waals surface area contributed by atoms with Gasteiger partial charge in [-0.15, -0.1) is 0 Å². The number of benzene rings is 1. The average Bonchev–Trinajstić information content (AvgIpc) is 3.09. The molecule has 0 aliphatic carbocycles. The highest BCUT2D eigenvalue weighted by Crippen LogP contribution is 2.23. The van der Waals surface area contributed by atoms with Gasteiger partial charge in [-0.3, -0.25) is 0 Å². The van der Waals surface area contributed by atoms with Crippen molar-refractivity contribution < 1.29 is 9.90 Å². The number of carboxylic acids is 1. The zero-order valence-corrected chi connectivity index (χ0v) is 18.0. The first-order valence-corrected chi connectivity index (χ1v) is 10.7. The van der Waals surface area contributed by atoms with E-state index in [0.717, 1.165) is 42.2 Å². The number of nitrogens with zero attached hydrogens (tertiary/aromatic N) is 4. The Hall–Kier alpha value is -3.02. The maximum absolute atomic E-state index is 11.4. The zero-order chi connectivity index (χ0) is 21.5. The Morgan fingerprint density at radius 2 is 1.90 bits per heavy atom. The lowest BCUT2D eigenvalue weighted by Gasteiger charge is -2.08. The largest absolute Gasteiger partial charge is 0.476 e. The fourth-order valence-electron chi connectivity index (χ4n) is 3.49. The van der Waals surface area contributed by atoms with Crippen LogP contribution in [-0.2, 0) is 19.4 Å². The monoisotopic (exact) mass is 406 g/mol. The molecule has 3 aromatic rings. The fourth-order valence-corrected chi connectivity index (χ4v) is 3.49. The van der Waals surface area contributed by atoms with Crippen molar-refractivity contribution in [1.82, 2.24) is 19.7 Å². The molecule has 1 N–H and O–H groups in total. The molecule has 0 aliphatic heterocycles. The van der Waals surface area contributed by atoms with E-state index in [4.69, 9.17) is 10.1 Å². The van der Waals surface area contributed by atoms with Gasteiger partial charge in [-0.25, -0.2) is 19.4 Å². The molecule has 2 heterocycles. The highest BCUT2D eigenvalue weighted by atomic mass is 16.4. The van der Waals surface area contributed by atoms with Crippen molar-refractivity contribution >= 4 is 5.97 Å². The van der Waals surface area contributed by atoms with E-state index in [0.29, 0.717) is 17.9 Å². The SMILES string of the molecule is CCCCCn1nc(CC(C)C)nc1Cc1ccc(-c2cccnc2C(=O)O)cc1. The number of aryl methyl sites for hydroxylation is 1. The summed E-state index contributed by atoms with van der Waals surface area (Å²) in [6.07, 6.45) is 6.55. The summed E-state index contributed by atoms with van der Waals surface area (Å²) in [5.41, 5.74) is 2.66. The van der Waals surface area contributed by atoms with Gasteiger partial charge in [0.25, 0.3) is 0 Å². The number of carbonyl (C=O) groups is 1. The number of hydrogen-bond acceptors (Lipinski definition) is 4. The van der Waals surface area contributed by atoms with Gasteiger partial charge in [-0.2, -0.15) is 5.10 Å². The molecule has 0 bridgehead atoms. The van der Waals surface area contributed by atoms with Crippen LogP contribution in [0.5, 0.6) is 0 Å². The first kappa shape index (κ1) is 21.7. The summed E-state index contributed by atoms with van der Waals surface area (Å²) >= 11 is 0. The van der Waals surface area contributed by atoms with E-state index in [1.165, 1.54) is 19.0 Å². The summed E-state index contributed by atoms with van der Waals surface area (Å²) in [5, 5.41) is 14.1. The second kappa shape index (κ2) is 10.1. The number of unbranched alkanes of at least 4 members (excludes halogenated alkanes) is 2. The molecule has 0 fully saturated rings. The standard InChI is InChI=1S/C24H30N4O2/c1-4-5-6-14-28-22(26-21(27-28)15-17(2)3)16-18-9-11-19(12-10-18)20-8-7-13-25-23(20)24(29)30/h7-13,17H,4-6,14-16H2,1-3H3,(H,29,30). The zero-order valence-electron chi connectivity index (χ0n) is 18.0. The van der Waals surface area contributed by atoms with Gasteiger partial charge >= 0.3 is 5.97 Å². The second-order valence-corrected chi connectivity index (χ2v) is 8.05. The van der Waals surface area contributed by atoms with Gasteiger partial charge in [0.2, 0.25) is 0 Å². The number of pyridine rings is 1. The molecule has 0 radical (unpaired) electrons. The molecule has 1 aromatic carbocycles. The number of carboxylic acid groups (broad SMARTS) is 1. The van der Waals surface area contributed by atoms with Crippen LogP contribution in [0, 0.1) is 5.92 Å². The molecule has 0 atom stereocenters. The van der Waals surface area contributed by atoms with Crippen molar-refractivity contribution in [3.63, 3.8) is 0 Å². The lowest BCUT2D eigenvalue weighted by Crippen LogP contribution is -2.07. The molecule has 0 spiro atoms. The summed E-state index contributed by atoms with van der Waals surface area (Å²) in [7, 11) is 0. The fraction of sp³-hybridized carbons (Fsp3) is 0.417. The Balaban J connectivity index is 1.81. The third-order valence-electron chi connectivity index (χ3n) is 4.99. The lowest BCUT2D eigenvalue weighted by molar-refractivity contribution is 0.0691. The van der Waals surface area contributed by atoms with Crippen molar-refractivity contribution in [1.29, 1.82) is 0 Å². The van der Waals surface area contributed by atoms with Crippen molar-refractivity contribution in [3.05, 3.63) is 65.5 Å². The molecular weight excluding hydrogens is 376 g/mol. The van der Waals surface area contributed by atoms with Gasteiger partial charge in [0.05, 0.1) is 0 Å². The highest BCUT2D eigenvalue weighted by molar-refractivity contribution is 5.93. The number of aromatic carboxylic acids is 1. The average molecular weight is 407 g/mol. The molecule has 30 heavy (non-hydrogen) atoms. The molecule has 3 rings (SSSR count). The quantitative estimate of drug-likeness (QED) is 0.478. The summed E-state index contributed by atoms with van der Waals surface area (Å²) in [5.74, 6) is 1.40. The molecule has 6 nitrogen and oxygen atoms in total. The van der Waals surface area contributed by atoms with E-state index in [1.807, 2.05) is 24.3 Å².